The van der Waals surface area contributed by atoms with Gasteiger partial charge in [-0.1, -0.05) is 23.2 Å². The summed E-state index contributed by atoms with van der Waals surface area (Å²) in [6.07, 6.45) is 0. The average Bonchev–Trinajstić information content (AvgIpc) is 2.33. The number of carbonyl (C=O) groups is 1. The van der Waals surface area contributed by atoms with Gasteiger partial charge in [0.15, 0.2) is 0 Å². The second kappa shape index (κ2) is 4.78. The van der Waals surface area contributed by atoms with Crippen LogP contribution in [0.15, 0.2) is 36.4 Å². The number of rotatable bonds is 2. The third-order valence-corrected chi connectivity index (χ3v) is 2.95. The molecule has 0 aliphatic carbocycles. The molecular formula is C14H10ClFO2. The van der Waals surface area contributed by atoms with Crippen LogP contribution in [0, 0.1) is 12.7 Å². The second-order valence-electron chi connectivity index (χ2n) is 3.98. The van der Waals surface area contributed by atoms with E-state index in [2.05, 4.69) is 0 Å². The molecule has 0 radical (unpaired) electrons. The van der Waals surface area contributed by atoms with Crippen LogP contribution in [0.2, 0.25) is 5.02 Å². The molecule has 0 amide bonds. The summed E-state index contributed by atoms with van der Waals surface area (Å²) in [4.78, 5) is 10.9. The third kappa shape index (κ3) is 2.36. The van der Waals surface area contributed by atoms with Crippen molar-refractivity contribution in [2.75, 3.05) is 0 Å². The first-order chi connectivity index (χ1) is 8.49. The van der Waals surface area contributed by atoms with Gasteiger partial charge in [0.1, 0.15) is 5.82 Å². The lowest BCUT2D eigenvalue weighted by molar-refractivity contribution is 0.0697. The van der Waals surface area contributed by atoms with Gasteiger partial charge in [-0.3, -0.25) is 0 Å². The number of aryl methyl sites for hydroxylation is 1. The van der Waals surface area contributed by atoms with Crippen molar-refractivity contribution >= 4 is 17.6 Å². The molecule has 0 unspecified atom stereocenters. The lowest BCUT2D eigenvalue weighted by Gasteiger charge is -2.08. The lowest BCUT2D eigenvalue weighted by atomic mass is 10.0. The van der Waals surface area contributed by atoms with Crippen LogP contribution in [0.3, 0.4) is 0 Å². The van der Waals surface area contributed by atoms with Gasteiger partial charge in [0.25, 0.3) is 0 Å². The minimum atomic E-state index is -1.07. The Morgan fingerprint density at radius 2 is 1.89 bits per heavy atom. The maximum atomic E-state index is 13.8. The SMILES string of the molecule is Cc1ccc(F)c(-c2cc(C(=O)O)ccc2Cl)c1. The lowest BCUT2D eigenvalue weighted by Crippen LogP contribution is -1.97. The molecular weight excluding hydrogens is 255 g/mol. The van der Waals surface area contributed by atoms with E-state index in [4.69, 9.17) is 16.7 Å². The fraction of sp³-hybridized carbons (Fsp3) is 0.0714. The monoisotopic (exact) mass is 264 g/mol. The van der Waals surface area contributed by atoms with Crippen LogP contribution in [0.4, 0.5) is 4.39 Å². The molecule has 0 saturated heterocycles. The van der Waals surface area contributed by atoms with Gasteiger partial charge >= 0.3 is 5.97 Å². The summed E-state index contributed by atoms with van der Waals surface area (Å²) in [7, 11) is 0. The second-order valence-corrected chi connectivity index (χ2v) is 4.39. The van der Waals surface area contributed by atoms with Crippen LogP contribution in [-0.2, 0) is 0 Å². The quantitative estimate of drug-likeness (QED) is 0.885. The van der Waals surface area contributed by atoms with E-state index in [9.17, 15) is 9.18 Å². The van der Waals surface area contributed by atoms with E-state index >= 15 is 0 Å². The van der Waals surface area contributed by atoms with Gasteiger partial charge in [0, 0.05) is 16.1 Å². The Morgan fingerprint density at radius 1 is 1.17 bits per heavy atom. The Balaban J connectivity index is 2.66. The minimum absolute atomic E-state index is 0.0790. The Kier molecular flexibility index (Phi) is 3.34. The van der Waals surface area contributed by atoms with E-state index in [0.29, 0.717) is 16.1 Å². The Hall–Kier alpha value is -1.87. The van der Waals surface area contributed by atoms with Crippen LogP contribution in [0.25, 0.3) is 11.1 Å². The van der Waals surface area contributed by atoms with Crippen molar-refractivity contribution in [2.45, 2.75) is 6.92 Å². The molecule has 2 aromatic carbocycles. The van der Waals surface area contributed by atoms with Crippen molar-refractivity contribution in [1.29, 1.82) is 0 Å². The predicted octanol–water partition coefficient (Wildman–Crippen LogP) is 4.15. The van der Waals surface area contributed by atoms with E-state index in [1.165, 1.54) is 24.3 Å². The molecule has 2 rings (SSSR count). The van der Waals surface area contributed by atoms with Crippen molar-refractivity contribution in [3.8, 4) is 11.1 Å². The summed E-state index contributed by atoms with van der Waals surface area (Å²) < 4.78 is 13.8. The molecule has 0 atom stereocenters. The van der Waals surface area contributed by atoms with Crippen LogP contribution < -0.4 is 0 Å². The van der Waals surface area contributed by atoms with Gasteiger partial charge in [-0.25, -0.2) is 9.18 Å². The summed E-state index contributed by atoms with van der Waals surface area (Å²) in [6.45, 7) is 1.83. The van der Waals surface area contributed by atoms with Gasteiger partial charge in [0.05, 0.1) is 5.56 Å². The van der Waals surface area contributed by atoms with E-state index in [1.807, 2.05) is 6.92 Å². The number of hydrogen-bond acceptors (Lipinski definition) is 1. The molecule has 0 aliphatic heterocycles. The number of halogens is 2. The normalized spacial score (nSPS) is 10.4. The summed E-state index contributed by atoms with van der Waals surface area (Å²) in [5.74, 6) is -1.49. The van der Waals surface area contributed by atoms with Crippen molar-refractivity contribution in [3.63, 3.8) is 0 Å². The number of carboxylic acids is 1. The molecule has 1 N–H and O–H groups in total. The van der Waals surface area contributed by atoms with Gasteiger partial charge in [0.2, 0.25) is 0 Å². The summed E-state index contributed by atoms with van der Waals surface area (Å²) in [6, 6.07) is 8.86. The first-order valence-corrected chi connectivity index (χ1v) is 5.66. The minimum Gasteiger partial charge on any atom is -0.478 e. The summed E-state index contributed by atoms with van der Waals surface area (Å²) >= 11 is 6.00. The maximum absolute atomic E-state index is 13.8. The fourth-order valence-electron chi connectivity index (χ4n) is 1.71. The molecule has 0 heterocycles. The number of benzene rings is 2. The number of aromatic carboxylic acids is 1. The molecule has 0 fully saturated rings. The Bertz CT molecular complexity index is 623. The van der Waals surface area contributed by atoms with E-state index in [0.717, 1.165) is 5.56 Å². The van der Waals surface area contributed by atoms with Gasteiger partial charge in [-0.2, -0.15) is 0 Å². The average molecular weight is 265 g/mol. The summed E-state index contributed by atoms with van der Waals surface area (Å²) in [5, 5.41) is 9.26. The molecule has 0 bridgehead atoms. The first-order valence-electron chi connectivity index (χ1n) is 5.28. The zero-order valence-corrected chi connectivity index (χ0v) is 10.3. The fourth-order valence-corrected chi connectivity index (χ4v) is 1.93. The highest BCUT2D eigenvalue weighted by Crippen LogP contribution is 2.31. The van der Waals surface area contributed by atoms with Crippen LogP contribution >= 0.6 is 11.6 Å². The van der Waals surface area contributed by atoms with E-state index in [-0.39, 0.29) is 5.56 Å². The molecule has 0 aliphatic rings. The molecule has 2 aromatic rings. The zero-order valence-electron chi connectivity index (χ0n) is 9.58. The molecule has 4 heteroatoms. The third-order valence-electron chi connectivity index (χ3n) is 2.63. The largest absolute Gasteiger partial charge is 0.478 e. The molecule has 0 saturated carbocycles. The smallest absolute Gasteiger partial charge is 0.335 e. The first kappa shape index (κ1) is 12.6. The Labute approximate surface area is 109 Å². The van der Waals surface area contributed by atoms with Crippen LogP contribution in [0.1, 0.15) is 15.9 Å². The van der Waals surface area contributed by atoms with Crippen LogP contribution in [-0.4, -0.2) is 11.1 Å². The molecule has 0 spiro atoms. The number of hydrogen-bond donors (Lipinski definition) is 1. The molecule has 0 aromatic heterocycles. The van der Waals surface area contributed by atoms with Crippen molar-refractivity contribution in [3.05, 3.63) is 58.4 Å². The topological polar surface area (TPSA) is 37.3 Å². The standard InChI is InChI=1S/C14H10ClFO2/c1-8-2-5-13(16)11(6-8)10-7-9(14(17)18)3-4-12(10)15/h2-7H,1H3,(H,17,18). The van der Waals surface area contributed by atoms with E-state index < -0.39 is 11.8 Å². The zero-order chi connectivity index (χ0) is 13.3. The molecule has 92 valence electrons. The van der Waals surface area contributed by atoms with Gasteiger partial charge < -0.3 is 5.11 Å². The maximum Gasteiger partial charge on any atom is 0.335 e. The van der Waals surface area contributed by atoms with Crippen LogP contribution in [0.5, 0.6) is 0 Å². The number of carboxylic acid groups (broad SMARTS) is 1. The van der Waals surface area contributed by atoms with Gasteiger partial charge in [-0.15, -0.1) is 0 Å². The highest BCUT2D eigenvalue weighted by molar-refractivity contribution is 6.33. The molecule has 2 nitrogen and oxygen atoms in total. The molecule has 18 heavy (non-hydrogen) atoms. The van der Waals surface area contributed by atoms with E-state index in [1.54, 1.807) is 12.1 Å². The predicted molar refractivity (Wildman–Crippen MR) is 68.5 cm³/mol. The van der Waals surface area contributed by atoms with Crippen molar-refractivity contribution in [2.24, 2.45) is 0 Å². The summed E-state index contributed by atoms with van der Waals surface area (Å²) in [5.41, 5.74) is 1.65. The Morgan fingerprint density at radius 3 is 2.56 bits per heavy atom. The highest BCUT2D eigenvalue weighted by atomic mass is 35.5. The highest BCUT2D eigenvalue weighted by Gasteiger charge is 2.12. The van der Waals surface area contributed by atoms with Crippen molar-refractivity contribution in [1.82, 2.24) is 0 Å². The van der Waals surface area contributed by atoms with Crippen molar-refractivity contribution < 1.29 is 14.3 Å². The van der Waals surface area contributed by atoms with Gasteiger partial charge in [-0.05, 0) is 37.3 Å².